The van der Waals surface area contributed by atoms with E-state index in [1.54, 1.807) is 0 Å². The Morgan fingerprint density at radius 1 is 1.07 bits per heavy atom. The van der Waals surface area contributed by atoms with Crippen molar-refractivity contribution in [2.45, 2.75) is 59.4 Å². The van der Waals surface area contributed by atoms with Gasteiger partial charge in [0.15, 0.2) is 0 Å². The quantitative estimate of drug-likeness (QED) is 0.565. The van der Waals surface area contributed by atoms with Crippen molar-refractivity contribution in [1.82, 2.24) is 5.32 Å². The molecule has 1 unspecified atom stereocenters. The standard InChI is InChI=1S/C13H29NO/c1-5-14-13(12(3)4)10-8-7-9-11-15-6-2/h12-14H,5-11H2,1-4H3. The first-order valence-electron chi connectivity index (χ1n) is 6.53. The molecule has 0 aliphatic rings. The summed E-state index contributed by atoms with van der Waals surface area (Å²) in [5.41, 5.74) is 0. The fourth-order valence-corrected chi connectivity index (χ4v) is 1.82. The van der Waals surface area contributed by atoms with Crippen LogP contribution < -0.4 is 5.32 Å². The normalized spacial score (nSPS) is 13.4. The van der Waals surface area contributed by atoms with E-state index in [-0.39, 0.29) is 0 Å². The van der Waals surface area contributed by atoms with Crippen LogP contribution in [0.25, 0.3) is 0 Å². The molecule has 1 atom stereocenters. The van der Waals surface area contributed by atoms with Gasteiger partial charge in [-0.15, -0.1) is 0 Å². The van der Waals surface area contributed by atoms with E-state index >= 15 is 0 Å². The minimum absolute atomic E-state index is 0.696. The van der Waals surface area contributed by atoms with E-state index in [1.165, 1.54) is 25.7 Å². The molecule has 0 aliphatic carbocycles. The van der Waals surface area contributed by atoms with Crippen molar-refractivity contribution in [2.75, 3.05) is 19.8 Å². The summed E-state index contributed by atoms with van der Waals surface area (Å²) >= 11 is 0. The SMILES string of the molecule is CCNC(CCCCCOCC)C(C)C. The molecule has 0 bridgehead atoms. The third-order valence-corrected chi connectivity index (χ3v) is 2.78. The molecule has 2 heteroatoms. The minimum atomic E-state index is 0.696. The van der Waals surface area contributed by atoms with Crippen LogP contribution in [0.15, 0.2) is 0 Å². The molecule has 2 nitrogen and oxygen atoms in total. The van der Waals surface area contributed by atoms with Crippen molar-refractivity contribution in [1.29, 1.82) is 0 Å². The Bertz CT molecular complexity index is 126. The van der Waals surface area contributed by atoms with Gasteiger partial charge >= 0.3 is 0 Å². The zero-order valence-corrected chi connectivity index (χ0v) is 11.0. The number of nitrogens with one attached hydrogen (secondary N) is 1. The Morgan fingerprint density at radius 3 is 2.33 bits per heavy atom. The molecule has 0 spiro atoms. The molecule has 0 amide bonds. The van der Waals surface area contributed by atoms with Crippen LogP contribution in [-0.2, 0) is 4.74 Å². The zero-order valence-electron chi connectivity index (χ0n) is 11.0. The van der Waals surface area contributed by atoms with Crippen LogP contribution in [0.2, 0.25) is 0 Å². The summed E-state index contributed by atoms with van der Waals surface area (Å²) in [5, 5.41) is 3.55. The van der Waals surface area contributed by atoms with Gasteiger partial charge in [0, 0.05) is 19.3 Å². The molecule has 1 N–H and O–H groups in total. The van der Waals surface area contributed by atoms with E-state index in [0.29, 0.717) is 6.04 Å². The second kappa shape index (κ2) is 10.4. The smallest absolute Gasteiger partial charge is 0.0465 e. The van der Waals surface area contributed by atoms with Gasteiger partial charge in [0.05, 0.1) is 0 Å². The molecule has 0 aromatic rings. The summed E-state index contributed by atoms with van der Waals surface area (Å²) in [5.74, 6) is 0.747. The van der Waals surface area contributed by atoms with Gasteiger partial charge in [-0.05, 0) is 32.2 Å². The Balaban J connectivity index is 3.37. The largest absolute Gasteiger partial charge is 0.382 e. The molecule has 0 aromatic heterocycles. The van der Waals surface area contributed by atoms with Crippen molar-refractivity contribution in [3.8, 4) is 0 Å². The third-order valence-electron chi connectivity index (χ3n) is 2.78. The number of hydrogen-bond acceptors (Lipinski definition) is 2. The highest BCUT2D eigenvalue weighted by Gasteiger charge is 2.10. The van der Waals surface area contributed by atoms with Gasteiger partial charge in [-0.2, -0.15) is 0 Å². The fourth-order valence-electron chi connectivity index (χ4n) is 1.82. The lowest BCUT2D eigenvalue weighted by molar-refractivity contribution is 0.142. The molecular weight excluding hydrogens is 186 g/mol. The molecule has 0 saturated carbocycles. The summed E-state index contributed by atoms with van der Waals surface area (Å²) in [6, 6.07) is 0.696. The van der Waals surface area contributed by atoms with Crippen LogP contribution in [0.5, 0.6) is 0 Å². The Kier molecular flexibility index (Phi) is 10.4. The molecule has 92 valence electrons. The molecule has 0 aromatic carbocycles. The van der Waals surface area contributed by atoms with Crippen LogP contribution in [0.4, 0.5) is 0 Å². The van der Waals surface area contributed by atoms with E-state index in [9.17, 15) is 0 Å². The van der Waals surface area contributed by atoms with Gasteiger partial charge in [-0.1, -0.05) is 33.6 Å². The lowest BCUT2D eigenvalue weighted by Crippen LogP contribution is -2.33. The number of ether oxygens (including phenoxy) is 1. The number of hydrogen-bond donors (Lipinski definition) is 1. The van der Waals surface area contributed by atoms with Crippen LogP contribution in [0.3, 0.4) is 0 Å². The highest BCUT2D eigenvalue weighted by Crippen LogP contribution is 2.11. The van der Waals surface area contributed by atoms with Crippen molar-refractivity contribution in [3.63, 3.8) is 0 Å². The van der Waals surface area contributed by atoms with E-state index < -0.39 is 0 Å². The summed E-state index contributed by atoms with van der Waals surface area (Å²) in [4.78, 5) is 0. The van der Waals surface area contributed by atoms with Crippen molar-refractivity contribution in [3.05, 3.63) is 0 Å². The third kappa shape index (κ3) is 8.88. The average Bonchev–Trinajstić information content (AvgIpc) is 2.21. The van der Waals surface area contributed by atoms with Crippen LogP contribution >= 0.6 is 0 Å². The predicted octanol–water partition coefficient (Wildman–Crippen LogP) is 3.22. The van der Waals surface area contributed by atoms with Crippen molar-refractivity contribution < 1.29 is 4.74 Å². The molecule has 0 heterocycles. The maximum atomic E-state index is 5.32. The highest BCUT2D eigenvalue weighted by atomic mass is 16.5. The van der Waals surface area contributed by atoms with Gasteiger partial charge < -0.3 is 10.1 Å². The summed E-state index contributed by atoms with van der Waals surface area (Å²) in [6.07, 6.45) is 5.14. The lowest BCUT2D eigenvalue weighted by Gasteiger charge is -2.21. The molecule has 0 rings (SSSR count). The average molecular weight is 215 g/mol. The molecule has 0 aliphatic heterocycles. The maximum absolute atomic E-state index is 5.32. The number of rotatable bonds is 10. The fraction of sp³-hybridized carbons (Fsp3) is 1.00. The van der Waals surface area contributed by atoms with Crippen molar-refractivity contribution >= 4 is 0 Å². The molecule has 15 heavy (non-hydrogen) atoms. The molecule has 0 radical (unpaired) electrons. The topological polar surface area (TPSA) is 21.3 Å². The lowest BCUT2D eigenvalue weighted by atomic mass is 9.98. The summed E-state index contributed by atoms with van der Waals surface area (Å²) < 4.78 is 5.32. The van der Waals surface area contributed by atoms with Crippen LogP contribution in [-0.4, -0.2) is 25.8 Å². The monoisotopic (exact) mass is 215 g/mol. The Labute approximate surface area is 95.8 Å². The van der Waals surface area contributed by atoms with Gasteiger partial charge in [-0.25, -0.2) is 0 Å². The van der Waals surface area contributed by atoms with E-state index in [1.807, 2.05) is 0 Å². The molecule has 0 saturated heterocycles. The van der Waals surface area contributed by atoms with Gasteiger partial charge in [0.2, 0.25) is 0 Å². The second-order valence-corrected chi connectivity index (χ2v) is 4.45. The van der Waals surface area contributed by atoms with Gasteiger partial charge in [0.25, 0.3) is 0 Å². The van der Waals surface area contributed by atoms with Crippen LogP contribution in [0.1, 0.15) is 53.4 Å². The van der Waals surface area contributed by atoms with Gasteiger partial charge in [-0.3, -0.25) is 0 Å². The predicted molar refractivity (Wildman–Crippen MR) is 67.3 cm³/mol. The van der Waals surface area contributed by atoms with E-state index in [4.69, 9.17) is 4.74 Å². The first-order chi connectivity index (χ1) is 7.22. The first-order valence-corrected chi connectivity index (χ1v) is 6.53. The highest BCUT2D eigenvalue weighted by molar-refractivity contribution is 4.69. The van der Waals surface area contributed by atoms with Gasteiger partial charge in [0.1, 0.15) is 0 Å². The summed E-state index contributed by atoms with van der Waals surface area (Å²) in [6.45, 7) is 11.7. The minimum Gasteiger partial charge on any atom is -0.382 e. The zero-order chi connectivity index (χ0) is 11.5. The van der Waals surface area contributed by atoms with Crippen LogP contribution in [0, 0.1) is 5.92 Å². The van der Waals surface area contributed by atoms with E-state index in [2.05, 4.69) is 33.0 Å². The second-order valence-electron chi connectivity index (χ2n) is 4.45. The Hall–Kier alpha value is -0.0800. The molecular formula is C13H29NO. The number of unbranched alkanes of at least 4 members (excludes halogenated alkanes) is 2. The maximum Gasteiger partial charge on any atom is 0.0465 e. The first kappa shape index (κ1) is 14.9. The molecule has 0 fully saturated rings. The Morgan fingerprint density at radius 2 is 1.80 bits per heavy atom. The summed E-state index contributed by atoms with van der Waals surface area (Å²) in [7, 11) is 0. The van der Waals surface area contributed by atoms with E-state index in [0.717, 1.165) is 25.7 Å². The van der Waals surface area contributed by atoms with Crippen molar-refractivity contribution in [2.24, 2.45) is 5.92 Å².